The van der Waals surface area contributed by atoms with E-state index in [0.29, 0.717) is 0 Å². The van der Waals surface area contributed by atoms with Gasteiger partial charge in [0.05, 0.1) is 11.4 Å². The number of aromatic amines is 2. The molecule has 1 aliphatic heterocycles. The number of hydrogen-bond acceptors (Lipinski definition) is 3. The number of nitrogens with one attached hydrogen (secondary N) is 2. The molecule has 0 spiro atoms. The Morgan fingerprint density at radius 1 is 1.31 bits per heavy atom. The van der Waals surface area contributed by atoms with Crippen LogP contribution in [0.5, 0.6) is 0 Å². The molecule has 3 heterocycles. The molecule has 0 unspecified atom stereocenters. The van der Waals surface area contributed by atoms with Gasteiger partial charge < -0.3 is 10.1 Å². The van der Waals surface area contributed by atoms with Gasteiger partial charge in [-0.05, 0) is 30.5 Å². The lowest BCUT2D eigenvalue weighted by atomic mass is 10.0. The van der Waals surface area contributed by atoms with Crippen molar-refractivity contribution in [2.45, 2.75) is 46.0 Å². The Bertz CT molecular complexity index is 1010. The molecule has 0 saturated carbocycles. The molecule has 0 amide bonds. The predicted molar refractivity (Wildman–Crippen MR) is 103 cm³/mol. The molecular weight excluding hydrogens is 385 g/mol. The fourth-order valence-electron chi connectivity index (χ4n) is 3.56. The number of aryl methyl sites for hydroxylation is 1. The molecule has 0 saturated heterocycles. The summed E-state index contributed by atoms with van der Waals surface area (Å²) in [5.41, 5.74) is 7.93. The van der Waals surface area contributed by atoms with Gasteiger partial charge in [-0.3, -0.25) is 10.00 Å². The van der Waals surface area contributed by atoms with Crippen molar-refractivity contribution in [1.82, 2.24) is 20.1 Å². The van der Waals surface area contributed by atoms with Crippen molar-refractivity contribution in [1.29, 1.82) is 0 Å². The van der Waals surface area contributed by atoms with Gasteiger partial charge in [0.1, 0.15) is 0 Å². The standard InChI is InChI=1S/C18H22N4.C2HF3O2/c1-3-15-12(2)18(21-20-15)11-22-9-8-17-14(10-22)13-6-4-5-7-16(13)19-17;3-2(4,5)1(6)7/h4-7,19H,3,8-11H2,1-2H3,(H,20,21);(H,6,7). The zero-order valence-electron chi connectivity index (χ0n) is 16.2. The van der Waals surface area contributed by atoms with E-state index in [0.717, 1.165) is 32.5 Å². The van der Waals surface area contributed by atoms with Crippen molar-refractivity contribution in [2.75, 3.05) is 6.54 Å². The SMILES string of the molecule is CCc1n[nH]c(CN2CCc3[nH]c4ccccc4c3C2)c1C.O=C(O)C(F)(F)F. The van der Waals surface area contributed by atoms with Crippen LogP contribution in [-0.4, -0.2) is 43.9 Å². The summed E-state index contributed by atoms with van der Waals surface area (Å²) in [6.45, 7) is 7.40. The number of rotatable bonds is 3. The molecule has 3 N–H and O–H groups in total. The molecule has 4 rings (SSSR count). The largest absolute Gasteiger partial charge is 0.490 e. The van der Waals surface area contributed by atoms with Crippen molar-refractivity contribution < 1.29 is 23.1 Å². The van der Waals surface area contributed by atoms with Gasteiger partial charge in [0, 0.05) is 42.7 Å². The molecule has 6 nitrogen and oxygen atoms in total. The van der Waals surface area contributed by atoms with Gasteiger partial charge in [0.15, 0.2) is 0 Å². The van der Waals surface area contributed by atoms with Crippen LogP contribution in [0.3, 0.4) is 0 Å². The van der Waals surface area contributed by atoms with Gasteiger partial charge in [-0.1, -0.05) is 25.1 Å². The third-order valence-electron chi connectivity index (χ3n) is 5.13. The van der Waals surface area contributed by atoms with Crippen LogP contribution in [-0.2, 0) is 30.7 Å². The number of nitrogens with zero attached hydrogens (tertiary/aromatic N) is 2. The highest BCUT2D eigenvalue weighted by Crippen LogP contribution is 2.28. The maximum absolute atomic E-state index is 10.6. The first-order valence-corrected chi connectivity index (χ1v) is 9.34. The summed E-state index contributed by atoms with van der Waals surface area (Å²) in [4.78, 5) is 15.0. The van der Waals surface area contributed by atoms with Gasteiger partial charge in [0.25, 0.3) is 0 Å². The van der Waals surface area contributed by atoms with E-state index >= 15 is 0 Å². The molecule has 156 valence electrons. The Hall–Kier alpha value is -2.81. The van der Waals surface area contributed by atoms with Crippen LogP contribution in [0.15, 0.2) is 24.3 Å². The molecule has 1 aliphatic rings. The van der Waals surface area contributed by atoms with Crippen LogP contribution in [0.2, 0.25) is 0 Å². The number of benzene rings is 1. The number of fused-ring (bicyclic) bond motifs is 3. The molecule has 29 heavy (non-hydrogen) atoms. The number of para-hydroxylation sites is 1. The van der Waals surface area contributed by atoms with Crippen LogP contribution in [0, 0.1) is 6.92 Å². The quantitative estimate of drug-likeness (QED) is 0.613. The Morgan fingerprint density at radius 3 is 2.62 bits per heavy atom. The number of halogens is 3. The molecule has 9 heteroatoms. The summed E-state index contributed by atoms with van der Waals surface area (Å²) in [6.07, 6.45) is -2.99. The minimum Gasteiger partial charge on any atom is -0.475 e. The molecule has 0 atom stereocenters. The Kier molecular flexibility index (Phi) is 5.97. The zero-order valence-corrected chi connectivity index (χ0v) is 16.2. The van der Waals surface area contributed by atoms with Crippen molar-refractivity contribution >= 4 is 16.9 Å². The smallest absolute Gasteiger partial charge is 0.475 e. The average Bonchev–Trinajstić information content (AvgIpc) is 3.22. The molecular formula is C20H23F3N4O2. The predicted octanol–water partition coefficient (Wildman–Crippen LogP) is 3.95. The first-order chi connectivity index (χ1) is 13.7. The Labute approximate surface area is 165 Å². The topological polar surface area (TPSA) is 85.0 Å². The second kappa shape index (κ2) is 8.28. The van der Waals surface area contributed by atoms with Crippen LogP contribution in [0.4, 0.5) is 13.2 Å². The van der Waals surface area contributed by atoms with Crippen molar-refractivity contribution in [3.05, 3.63) is 52.5 Å². The lowest BCUT2D eigenvalue weighted by molar-refractivity contribution is -0.192. The van der Waals surface area contributed by atoms with E-state index in [1.807, 2.05) is 0 Å². The highest BCUT2D eigenvalue weighted by atomic mass is 19.4. The first kappa shape index (κ1) is 20.9. The van der Waals surface area contributed by atoms with E-state index in [1.165, 1.54) is 39.1 Å². The number of carboxylic acid groups (broad SMARTS) is 1. The van der Waals surface area contributed by atoms with Crippen LogP contribution in [0.1, 0.15) is 35.1 Å². The first-order valence-electron chi connectivity index (χ1n) is 9.34. The second-order valence-corrected chi connectivity index (χ2v) is 7.02. The maximum Gasteiger partial charge on any atom is 0.490 e. The van der Waals surface area contributed by atoms with E-state index in [-0.39, 0.29) is 0 Å². The minimum absolute atomic E-state index is 0.956. The normalized spacial score (nSPS) is 14.4. The van der Waals surface area contributed by atoms with E-state index in [1.54, 1.807) is 0 Å². The van der Waals surface area contributed by atoms with Crippen LogP contribution < -0.4 is 0 Å². The third kappa shape index (κ3) is 4.61. The summed E-state index contributed by atoms with van der Waals surface area (Å²) in [6, 6.07) is 8.62. The van der Waals surface area contributed by atoms with E-state index < -0.39 is 12.1 Å². The van der Waals surface area contributed by atoms with Crippen molar-refractivity contribution in [3.8, 4) is 0 Å². The molecule has 0 fully saturated rings. The monoisotopic (exact) mass is 408 g/mol. The van der Waals surface area contributed by atoms with Gasteiger partial charge in [-0.2, -0.15) is 18.3 Å². The van der Waals surface area contributed by atoms with Gasteiger partial charge >= 0.3 is 12.1 Å². The summed E-state index contributed by atoms with van der Waals surface area (Å²) in [7, 11) is 0. The molecule has 0 bridgehead atoms. The minimum atomic E-state index is -5.08. The highest BCUT2D eigenvalue weighted by Gasteiger charge is 2.38. The number of carboxylic acids is 1. The number of aromatic nitrogens is 3. The van der Waals surface area contributed by atoms with Gasteiger partial charge in [-0.25, -0.2) is 4.79 Å². The van der Waals surface area contributed by atoms with Crippen molar-refractivity contribution in [3.63, 3.8) is 0 Å². The maximum atomic E-state index is 10.6. The summed E-state index contributed by atoms with van der Waals surface area (Å²) in [5, 5.41) is 16.2. The van der Waals surface area contributed by atoms with Crippen LogP contribution >= 0.6 is 0 Å². The van der Waals surface area contributed by atoms with E-state index in [9.17, 15) is 13.2 Å². The highest BCUT2D eigenvalue weighted by molar-refractivity contribution is 5.84. The van der Waals surface area contributed by atoms with Gasteiger partial charge in [0.2, 0.25) is 0 Å². The third-order valence-corrected chi connectivity index (χ3v) is 5.13. The zero-order chi connectivity index (χ0) is 21.2. The molecule has 3 aromatic rings. The average molecular weight is 408 g/mol. The number of hydrogen-bond donors (Lipinski definition) is 3. The summed E-state index contributed by atoms with van der Waals surface area (Å²) < 4.78 is 31.7. The molecule has 0 radical (unpaired) electrons. The summed E-state index contributed by atoms with van der Waals surface area (Å²) >= 11 is 0. The molecule has 1 aromatic carbocycles. The molecule has 2 aromatic heterocycles. The fourth-order valence-corrected chi connectivity index (χ4v) is 3.56. The second-order valence-electron chi connectivity index (χ2n) is 7.02. The van der Waals surface area contributed by atoms with Crippen LogP contribution in [0.25, 0.3) is 10.9 Å². The lowest BCUT2D eigenvalue weighted by Gasteiger charge is -2.26. The summed E-state index contributed by atoms with van der Waals surface area (Å²) in [5.74, 6) is -2.76. The Balaban J connectivity index is 0.000000298. The Morgan fingerprint density at radius 2 is 2.00 bits per heavy atom. The van der Waals surface area contributed by atoms with Crippen molar-refractivity contribution in [2.24, 2.45) is 0 Å². The number of H-pyrrole nitrogens is 2. The number of aliphatic carboxylic acids is 1. The number of carbonyl (C=O) groups is 1. The number of alkyl halides is 3. The van der Waals surface area contributed by atoms with Gasteiger partial charge in [-0.15, -0.1) is 0 Å². The fraction of sp³-hybridized carbons (Fsp3) is 0.400. The molecule has 0 aliphatic carbocycles. The van der Waals surface area contributed by atoms with E-state index in [4.69, 9.17) is 9.90 Å². The van der Waals surface area contributed by atoms with E-state index in [2.05, 4.69) is 58.2 Å². The lowest BCUT2D eigenvalue weighted by Crippen LogP contribution is -2.30.